The molecule has 2 aliphatic carbocycles. The second-order valence-corrected chi connectivity index (χ2v) is 10.2. The van der Waals surface area contributed by atoms with Crippen LogP contribution in [0.4, 0.5) is 5.82 Å². The first kappa shape index (κ1) is 18.8. The van der Waals surface area contributed by atoms with Crippen LogP contribution in [0.25, 0.3) is 0 Å². The van der Waals surface area contributed by atoms with Crippen molar-refractivity contribution >= 4 is 15.8 Å². The summed E-state index contributed by atoms with van der Waals surface area (Å²) >= 11 is 0. The smallest absolute Gasteiger partial charge is 0.358 e. The summed E-state index contributed by atoms with van der Waals surface area (Å²) in [5.74, 6) is -0.113. The predicted molar refractivity (Wildman–Crippen MR) is 99.8 cm³/mol. The van der Waals surface area contributed by atoms with Crippen LogP contribution >= 0.6 is 0 Å². The zero-order chi connectivity index (χ0) is 19.0. The largest absolute Gasteiger partial charge is 0.389 e. The SMILES string of the molecule is O=[N+]([O-])c1ccn([C@H]2CCCC[C@H]2NC2CCN(S(=O)(=O)C3CC3)CC2)n1. The molecule has 10 heteroatoms. The van der Waals surface area contributed by atoms with E-state index >= 15 is 0 Å². The first-order valence-corrected chi connectivity index (χ1v) is 11.4. The number of nitro groups is 1. The van der Waals surface area contributed by atoms with E-state index in [2.05, 4.69) is 10.4 Å². The third kappa shape index (κ3) is 4.02. The lowest BCUT2D eigenvalue weighted by atomic mass is 9.89. The van der Waals surface area contributed by atoms with Crippen LogP contribution in [-0.4, -0.2) is 57.8 Å². The van der Waals surface area contributed by atoms with E-state index in [1.807, 2.05) is 0 Å². The average Bonchev–Trinajstić information content (AvgIpc) is 3.41. The Kier molecular flexibility index (Phi) is 5.21. The highest BCUT2D eigenvalue weighted by Crippen LogP contribution is 2.33. The number of hydrogen-bond donors (Lipinski definition) is 1. The van der Waals surface area contributed by atoms with Crippen molar-refractivity contribution in [2.75, 3.05) is 13.1 Å². The molecule has 150 valence electrons. The van der Waals surface area contributed by atoms with Gasteiger partial charge in [0, 0.05) is 25.2 Å². The molecule has 27 heavy (non-hydrogen) atoms. The first-order valence-electron chi connectivity index (χ1n) is 9.90. The Morgan fingerprint density at radius 3 is 2.44 bits per heavy atom. The molecule has 1 saturated heterocycles. The van der Waals surface area contributed by atoms with Crippen LogP contribution in [0.5, 0.6) is 0 Å². The fourth-order valence-electron chi connectivity index (χ4n) is 4.39. The summed E-state index contributed by atoms with van der Waals surface area (Å²) in [4.78, 5) is 10.5. The van der Waals surface area contributed by atoms with Gasteiger partial charge in [-0.15, -0.1) is 0 Å². The van der Waals surface area contributed by atoms with Crippen LogP contribution < -0.4 is 5.32 Å². The van der Waals surface area contributed by atoms with Crippen molar-refractivity contribution in [3.8, 4) is 0 Å². The van der Waals surface area contributed by atoms with Crippen molar-refractivity contribution in [1.29, 1.82) is 0 Å². The minimum Gasteiger partial charge on any atom is -0.358 e. The molecule has 0 amide bonds. The Morgan fingerprint density at radius 2 is 1.81 bits per heavy atom. The van der Waals surface area contributed by atoms with Crippen molar-refractivity contribution in [2.45, 2.75) is 74.7 Å². The molecule has 3 aliphatic rings. The van der Waals surface area contributed by atoms with E-state index in [0.29, 0.717) is 13.1 Å². The number of nitrogens with one attached hydrogen (secondary N) is 1. The molecular weight excluding hydrogens is 370 g/mol. The summed E-state index contributed by atoms with van der Waals surface area (Å²) in [6, 6.07) is 2.06. The van der Waals surface area contributed by atoms with Gasteiger partial charge in [0.05, 0.1) is 28.7 Å². The average molecular weight is 398 g/mol. The van der Waals surface area contributed by atoms with Gasteiger partial charge in [0.25, 0.3) is 0 Å². The van der Waals surface area contributed by atoms with Crippen LogP contribution in [0.2, 0.25) is 0 Å². The molecule has 0 spiro atoms. The Morgan fingerprint density at radius 1 is 1.11 bits per heavy atom. The van der Waals surface area contributed by atoms with E-state index in [1.54, 1.807) is 15.2 Å². The number of sulfonamides is 1. The standard InChI is InChI=1S/C17H27N5O4S/c23-22(24)17-9-12-21(19-17)16-4-2-1-3-15(16)18-13-7-10-20(11-8-13)27(25,26)14-5-6-14/h9,12-16,18H,1-8,10-11H2/t15-,16+/m1/s1. The number of piperidine rings is 1. The minimum absolute atomic E-state index is 0.112. The van der Waals surface area contributed by atoms with Gasteiger partial charge < -0.3 is 15.4 Å². The molecule has 2 heterocycles. The van der Waals surface area contributed by atoms with Gasteiger partial charge in [0.1, 0.15) is 0 Å². The molecule has 2 atom stereocenters. The maximum atomic E-state index is 12.4. The number of rotatable bonds is 6. The van der Waals surface area contributed by atoms with Gasteiger partial charge in [0.15, 0.2) is 0 Å². The summed E-state index contributed by atoms with van der Waals surface area (Å²) in [5, 5.41) is 18.6. The zero-order valence-corrected chi connectivity index (χ0v) is 16.2. The molecule has 9 nitrogen and oxygen atoms in total. The van der Waals surface area contributed by atoms with Crippen LogP contribution in [0.3, 0.4) is 0 Å². The summed E-state index contributed by atoms with van der Waals surface area (Å²) < 4.78 is 28.2. The fourth-order valence-corrected chi connectivity index (χ4v) is 6.26. The first-order chi connectivity index (χ1) is 12.9. The van der Waals surface area contributed by atoms with E-state index in [4.69, 9.17) is 0 Å². The highest BCUT2D eigenvalue weighted by Gasteiger charge is 2.41. The van der Waals surface area contributed by atoms with Gasteiger partial charge in [-0.05, 0) is 43.4 Å². The molecule has 4 rings (SSSR count). The van der Waals surface area contributed by atoms with Gasteiger partial charge in [0.2, 0.25) is 10.0 Å². The number of hydrogen-bond acceptors (Lipinski definition) is 6. The van der Waals surface area contributed by atoms with Crippen LogP contribution in [-0.2, 0) is 10.0 Å². The second-order valence-electron chi connectivity index (χ2n) is 7.95. The Hall–Kier alpha value is -1.52. The quantitative estimate of drug-likeness (QED) is 0.579. The van der Waals surface area contributed by atoms with Crippen molar-refractivity contribution in [3.05, 3.63) is 22.4 Å². The van der Waals surface area contributed by atoms with Crippen LogP contribution in [0.1, 0.15) is 57.4 Å². The highest BCUT2D eigenvalue weighted by atomic mass is 32.2. The van der Waals surface area contributed by atoms with Gasteiger partial charge in [-0.25, -0.2) is 12.7 Å². The van der Waals surface area contributed by atoms with E-state index in [-0.39, 0.29) is 29.2 Å². The highest BCUT2D eigenvalue weighted by molar-refractivity contribution is 7.90. The summed E-state index contributed by atoms with van der Waals surface area (Å²) in [6.45, 7) is 1.17. The third-order valence-electron chi connectivity index (χ3n) is 6.06. The van der Waals surface area contributed by atoms with E-state index in [1.165, 1.54) is 6.07 Å². The Balaban J connectivity index is 1.36. The Labute approximate surface area is 159 Å². The van der Waals surface area contributed by atoms with E-state index < -0.39 is 14.9 Å². The molecule has 1 aromatic rings. The molecule has 0 unspecified atom stereocenters. The monoisotopic (exact) mass is 397 g/mol. The maximum Gasteiger partial charge on any atom is 0.389 e. The van der Waals surface area contributed by atoms with Crippen molar-refractivity contribution in [3.63, 3.8) is 0 Å². The summed E-state index contributed by atoms with van der Waals surface area (Å²) in [7, 11) is -3.08. The normalized spacial score (nSPS) is 28.3. The molecule has 0 radical (unpaired) electrons. The van der Waals surface area contributed by atoms with Gasteiger partial charge in [-0.2, -0.15) is 4.68 Å². The van der Waals surface area contributed by atoms with Crippen LogP contribution in [0, 0.1) is 10.1 Å². The van der Waals surface area contributed by atoms with Gasteiger partial charge in [-0.1, -0.05) is 12.8 Å². The topological polar surface area (TPSA) is 110 Å². The lowest BCUT2D eigenvalue weighted by Gasteiger charge is -2.37. The lowest BCUT2D eigenvalue weighted by Crippen LogP contribution is -2.51. The molecule has 0 bridgehead atoms. The minimum atomic E-state index is -3.08. The molecule has 1 aliphatic heterocycles. The predicted octanol–water partition coefficient (Wildman–Crippen LogP) is 1.82. The fraction of sp³-hybridized carbons (Fsp3) is 0.824. The van der Waals surface area contributed by atoms with Gasteiger partial charge in [-0.3, -0.25) is 0 Å². The van der Waals surface area contributed by atoms with Crippen LogP contribution in [0.15, 0.2) is 12.3 Å². The molecule has 2 saturated carbocycles. The lowest BCUT2D eigenvalue weighted by molar-refractivity contribution is -0.389. The van der Waals surface area contributed by atoms with E-state index in [0.717, 1.165) is 51.4 Å². The van der Waals surface area contributed by atoms with Gasteiger partial charge >= 0.3 is 5.82 Å². The van der Waals surface area contributed by atoms with Crippen molar-refractivity contribution in [2.24, 2.45) is 0 Å². The maximum absolute atomic E-state index is 12.4. The molecule has 1 aromatic heterocycles. The van der Waals surface area contributed by atoms with Crippen molar-refractivity contribution in [1.82, 2.24) is 19.4 Å². The molecule has 3 fully saturated rings. The third-order valence-corrected chi connectivity index (χ3v) is 8.46. The molecule has 0 aromatic carbocycles. The molecular formula is C17H27N5O4S. The Bertz CT molecular complexity index is 783. The molecule has 1 N–H and O–H groups in total. The summed E-state index contributed by atoms with van der Waals surface area (Å²) in [6.07, 6.45) is 9.13. The number of aromatic nitrogens is 2. The number of nitrogens with zero attached hydrogens (tertiary/aromatic N) is 4. The van der Waals surface area contributed by atoms with Crippen molar-refractivity contribution < 1.29 is 13.3 Å². The zero-order valence-electron chi connectivity index (χ0n) is 15.4. The summed E-state index contributed by atoms with van der Waals surface area (Å²) in [5.41, 5.74) is 0. The van der Waals surface area contributed by atoms with E-state index in [9.17, 15) is 18.5 Å². The second kappa shape index (κ2) is 7.48.